The van der Waals surface area contributed by atoms with E-state index in [0.29, 0.717) is 46.7 Å². The summed E-state index contributed by atoms with van der Waals surface area (Å²) < 4.78 is 44.1. The molecule has 2 atom stereocenters. The number of carbonyl (C=O) groups is 2. The van der Waals surface area contributed by atoms with Gasteiger partial charge in [-0.05, 0) is 61.1 Å². The van der Waals surface area contributed by atoms with Crippen LogP contribution in [0.3, 0.4) is 0 Å². The van der Waals surface area contributed by atoms with E-state index in [1.54, 1.807) is 42.5 Å². The quantitative estimate of drug-likeness (QED) is 0.342. The molecule has 1 aliphatic heterocycles. The van der Waals surface area contributed by atoms with E-state index < -0.39 is 6.36 Å². The van der Waals surface area contributed by atoms with Crippen LogP contribution in [0.2, 0.25) is 10.0 Å². The molecule has 3 aromatic rings. The van der Waals surface area contributed by atoms with Crippen LogP contribution in [0.15, 0.2) is 30.5 Å². The molecule has 1 aromatic heterocycles. The predicted octanol–water partition coefficient (Wildman–Crippen LogP) is 6.97. The second-order valence-electron chi connectivity index (χ2n) is 9.75. The third-order valence-corrected chi connectivity index (χ3v) is 7.86. The summed E-state index contributed by atoms with van der Waals surface area (Å²) in [5.41, 5.74) is 2.86. The molecule has 1 fully saturated rings. The number of amides is 1. The lowest BCUT2D eigenvalue weighted by Crippen LogP contribution is -2.44. The van der Waals surface area contributed by atoms with E-state index in [1.165, 1.54) is 12.1 Å². The molecule has 0 saturated carbocycles. The van der Waals surface area contributed by atoms with Crippen molar-refractivity contribution >= 4 is 45.8 Å². The molecule has 4 rings (SSSR count). The number of rotatable bonds is 5. The summed E-state index contributed by atoms with van der Waals surface area (Å²) in [4.78, 5) is 27.0. The molecule has 1 amide bonds. The Morgan fingerprint density at radius 2 is 1.89 bits per heavy atom. The molecule has 1 saturated heterocycles. The van der Waals surface area contributed by atoms with Crippen molar-refractivity contribution in [2.45, 2.75) is 40.0 Å². The van der Waals surface area contributed by atoms with Crippen molar-refractivity contribution in [2.75, 3.05) is 13.1 Å². The van der Waals surface area contributed by atoms with E-state index >= 15 is 0 Å². The molecule has 0 N–H and O–H groups in total. The molecule has 0 bridgehead atoms. The number of fused-ring (bicyclic) bond motifs is 1. The van der Waals surface area contributed by atoms with E-state index in [1.807, 2.05) is 13.1 Å². The summed E-state index contributed by atoms with van der Waals surface area (Å²) in [7, 11) is 1.73. The van der Waals surface area contributed by atoms with Gasteiger partial charge in [0.15, 0.2) is 0 Å². The van der Waals surface area contributed by atoms with Crippen LogP contribution in [-0.2, 0) is 18.3 Å². The summed E-state index contributed by atoms with van der Waals surface area (Å²) in [5, 5.41) is 1.39. The number of aryl methyl sites for hydroxylation is 2. The number of Topliss-reactive ketones (excluding diaryl/α,β-unsaturated/α-hetero) is 1. The topological polar surface area (TPSA) is 51.5 Å². The maximum atomic E-state index is 13.4. The van der Waals surface area contributed by atoms with Crippen LogP contribution in [-0.4, -0.2) is 40.6 Å². The summed E-state index contributed by atoms with van der Waals surface area (Å²) in [5.74, 6) is -0.395. The summed E-state index contributed by atoms with van der Waals surface area (Å²) in [6.07, 6.45) is -2.10. The Morgan fingerprint density at radius 3 is 2.51 bits per heavy atom. The van der Waals surface area contributed by atoms with Crippen molar-refractivity contribution in [2.24, 2.45) is 18.9 Å². The number of ether oxygens (including phenoxy) is 1. The number of benzene rings is 2. The molecule has 10 heteroatoms. The number of hydrogen-bond acceptors (Lipinski definition) is 3. The SMILES string of the molecule is CC(=O)C1CCN(C(=O)c2ccc(Cl)c(Cc3cn(C)c4cc(OC(F)(F)F)cc(C)c34)c2Cl)CC1C. The van der Waals surface area contributed by atoms with E-state index in [2.05, 4.69) is 4.74 Å². The molecule has 5 nitrogen and oxygen atoms in total. The van der Waals surface area contributed by atoms with Gasteiger partial charge in [-0.2, -0.15) is 0 Å². The molecule has 198 valence electrons. The van der Waals surface area contributed by atoms with Crippen LogP contribution in [0.4, 0.5) is 13.2 Å². The van der Waals surface area contributed by atoms with Crippen molar-refractivity contribution in [3.05, 3.63) is 62.8 Å². The second kappa shape index (κ2) is 10.2. The average Bonchev–Trinajstić information content (AvgIpc) is 3.10. The molecule has 2 heterocycles. The third kappa shape index (κ3) is 5.60. The molecule has 0 spiro atoms. The lowest BCUT2D eigenvalue weighted by atomic mass is 9.84. The Balaban J connectivity index is 1.66. The Hall–Kier alpha value is -2.71. The smallest absolute Gasteiger partial charge is 0.406 e. The largest absolute Gasteiger partial charge is 0.573 e. The van der Waals surface area contributed by atoms with Gasteiger partial charge in [0.1, 0.15) is 11.5 Å². The van der Waals surface area contributed by atoms with E-state index in [4.69, 9.17) is 23.2 Å². The standard InChI is InChI=1S/C27H27Cl2F3N2O3/c1-14-9-18(37-27(30,31)32)11-23-24(14)17(13-33(23)4)10-21-22(28)6-5-20(25(21)29)26(36)34-8-7-19(16(3)35)15(2)12-34/h5-6,9,11,13,15,19H,7-8,10,12H2,1-4H3. The fraction of sp³-hybridized carbons (Fsp3) is 0.407. The first-order valence-corrected chi connectivity index (χ1v) is 12.6. The van der Waals surface area contributed by atoms with Gasteiger partial charge in [0, 0.05) is 55.1 Å². The van der Waals surface area contributed by atoms with Crippen molar-refractivity contribution in [1.82, 2.24) is 9.47 Å². The summed E-state index contributed by atoms with van der Waals surface area (Å²) in [6, 6.07) is 5.92. The lowest BCUT2D eigenvalue weighted by molar-refractivity contribution is -0.274. The van der Waals surface area contributed by atoms with Gasteiger partial charge in [-0.15, -0.1) is 13.2 Å². The van der Waals surface area contributed by atoms with Gasteiger partial charge in [0.25, 0.3) is 5.91 Å². The highest BCUT2D eigenvalue weighted by Crippen LogP contribution is 2.37. The number of hydrogen-bond donors (Lipinski definition) is 0. The third-order valence-electron chi connectivity index (χ3n) is 7.07. The normalized spacial score (nSPS) is 18.4. The predicted molar refractivity (Wildman–Crippen MR) is 137 cm³/mol. The van der Waals surface area contributed by atoms with Crippen LogP contribution in [0.25, 0.3) is 10.9 Å². The maximum Gasteiger partial charge on any atom is 0.573 e. The molecular weight excluding hydrogens is 528 g/mol. The molecule has 1 aliphatic rings. The zero-order valence-electron chi connectivity index (χ0n) is 20.9. The number of likely N-dealkylation sites (tertiary alicyclic amines) is 1. The average molecular weight is 555 g/mol. The van der Waals surface area contributed by atoms with Crippen LogP contribution < -0.4 is 4.74 Å². The summed E-state index contributed by atoms with van der Waals surface area (Å²) >= 11 is 13.3. The number of piperidine rings is 1. The van der Waals surface area contributed by atoms with Gasteiger partial charge in [0.05, 0.1) is 16.1 Å². The molecule has 2 unspecified atom stereocenters. The second-order valence-corrected chi connectivity index (χ2v) is 10.5. The van der Waals surface area contributed by atoms with E-state index in [-0.39, 0.29) is 40.7 Å². The Kier molecular flexibility index (Phi) is 7.55. The number of halogens is 5. The van der Waals surface area contributed by atoms with Crippen molar-refractivity contribution < 1.29 is 27.5 Å². The highest BCUT2D eigenvalue weighted by atomic mass is 35.5. The van der Waals surface area contributed by atoms with Gasteiger partial charge in [-0.1, -0.05) is 30.1 Å². The van der Waals surface area contributed by atoms with E-state index in [0.717, 1.165) is 10.9 Å². The highest BCUT2D eigenvalue weighted by Gasteiger charge is 2.33. The van der Waals surface area contributed by atoms with Crippen LogP contribution in [0.1, 0.15) is 47.3 Å². The highest BCUT2D eigenvalue weighted by molar-refractivity contribution is 6.38. The number of nitrogens with zero attached hydrogens (tertiary/aromatic N) is 2. The molecule has 37 heavy (non-hydrogen) atoms. The first-order chi connectivity index (χ1) is 17.3. The van der Waals surface area contributed by atoms with Gasteiger partial charge in [-0.25, -0.2) is 0 Å². The van der Waals surface area contributed by atoms with Crippen LogP contribution in [0.5, 0.6) is 5.75 Å². The number of ketones is 1. The Labute approximate surface area is 223 Å². The Bertz CT molecular complexity index is 1380. The maximum absolute atomic E-state index is 13.4. The van der Waals surface area contributed by atoms with Gasteiger partial charge < -0.3 is 14.2 Å². The first-order valence-electron chi connectivity index (χ1n) is 11.9. The number of alkyl halides is 3. The zero-order chi connectivity index (χ0) is 27.2. The minimum Gasteiger partial charge on any atom is -0.406 e. The van der Waals surface area contributed by atoms with Gasteiger partial charge in [0.2, 0.25) is 0 Å². The molecular formula is C27H27Cl2F3N2O3. The minimum absolute atomic E-state index is 0.0469. The molecule has 0 radical (unpaired) electrons. The van der Waals surface area contributed by atoms with Crippen LogP contribution >= 0.6 is 23.2 Å². The van der Waals surface area contributed by atoms with Gasteiger partial charge >= 0.3 is 6.36 Å². The van der Waals surface area contributed by atoms with Crippen molar-refractivity contribution in [3.8, 4) is 5.75 Å². The first kappa shape index (κ1) is 27.3. The Morgan fingerprint density at radius 1 is 1.19 bits per heavy atom. The molecule has 2 aromatic carbocycles. The van der Waals surface area contributed by atoms with E-state index in [9.17, 15) is 22.8 Å². The van der Waals surface area contributed by atoms with Crippen molar-refractivity contribution in [3.63, 3.8) is 0 Å². The number of carbonyl (C=O) groups excluding carboxylic acids is 2. The molecule has 0 aliphatic carbocycles. The lowest BCUT2D eigenvalue weighted by Gasteiger charge is -2.36. The minimum atomic E-state index is -4.79. The summed E-state index contributed by atoms with van der Waals surface area (Å²) in [6.45, 7) is 6.19. The fourth-order valence-corrected chi connectivity index (χ4v) is 5.93. The monoisotopic (exact) mass is 554 g/mol. The van der Waals surface area contributed by atoms with Gasteiger partial charge in [-0.3, -0.25) is 9.59 Å². The zero-order valence-corrected chi connectivity index (χ0v) is 22.4. The van der Waals surface area contributed by atoms with Crippen LogP contribution in [0, 0.1) is 18.8 Å². The van der Waals surface area contributed by atoms with Crippen molar-refractivity contribution in [1.29, 1.82) is 0 Å². The fourth-order valence-electron chi connectivity index (χ4n) is 5.35. The number of aromatic nitrogens is 1.